The van der Waals surface area contributed by atoms with Gasteiger partial charge in [-0.05, 0) is 12.2 Å². The minimum absolute atomic E-state index is 0.190. The molecule has 5 heteroatoms. The van der Waals surface area contributed by atoms with E-state index < -0.39 is 17.7 Å². The maximum Gasteiger partial charge on any atom is 0.308 e. The second-order valence-electron chi connectivity index (χ2n) is 2.95. The largest absolute Gasteiger partial charge is 0.481 e. The van der Waals surface area contributed by atoms with Gasteiger partial charge in [-0.15, -0.1) is 0 Å². The molecule has 0 fully saturated rings. The molecule has 0 saturated carbocycles. The van der Waals surface area contributed by atoms with Crippen LogP contribution >= 0.6 is 0 Å². The van der Waals surface area contributed by atoms with Crippen molar-refractivity contribution in [3.8, 4) is 0 Å². The number of carbonyl (C=O) groups is 2. The summed E-state index contributed by atoms with van der Waals surface area (Å²) < 4.78 is 4.68. The van der Waals surface area contributed by atoms with Crippen molar-refractivity contribution < 1.29 is 24.5 Å². The molecule has 0 aromatic rings. The molecule has 0 saturated heterocycles. The van der Waals surface area contributed by atoms with Gasteiger partial charge >= 0.3 is 5.97 Å². The monoisotopic (exact) mass is 198 g/mol. The molecule has 0 heterocycles. The highest BCUT2D eigenvalue weighted by atomic mass is 16.5. The minimum atomic E-state index is -1.26. The molecule has 0 aromatic carbocycles. The first-order valence-corrected chi connectivity index (χ1v) is 3.98. The van der Waals surface area contributed by atoms with Crippen LogP contribution in [0.25, 0.3) is 0 Å². The van der Waals surface area contributed by atoms with Crippen molar-refractivity contribution in [2.24, 2.45) is 0 Å². The summed E-state index contributed by atoms with van der Waals surface area (Å²) in [5.41, 5.74) is -1.26. The molecule has 1 aliphatic carbocycles. The Morgan fingerprint density at radius 2 is 2.07 bits per heavy atom. The molecule has 0 amide bonds. The summed E-state index contributed by atoms with van der Waals surface area (Å²) in [7, 11) is 0. The Morgan fingerprint density at radius 1 is 1.50 bits per heavy atom. The molecular formula is C9H10O5. The Morgan fingerprint density at radius 3 is 2.50 bits per heavy atom. The number of rotatable bonds is 4. The lowest BCUT2D eigenvalue weighted by Crippen LogP contribution is -2.33. The highest BCUT2D eigenvalue weighted by Gasteiger charge is 2.31. The SMILES string of the molecule is O=COC1(CC(=O)O)C=CC(O)C=C1. The fraction of sp³-hybridized carbons (Fsp3) is 0.333. The van der Waals surface area contributed by atoms with Gasteiger partial charge < -0.3 is 14.9 Å². The van der Waals surface area contributed by atoms with Crippen LogP contribution in [0.4, 0.5) is 0 Å². The fourth-order valence-corrected chi connectivity index (χ4v) is 1.21. The van der Waals surface area contributed by atoms with Crippen LogP contribution in [-0.2, 0) is 14.3 Å². The lowest BCUT2D eigenvalue weighted by Gasteiger charge is -2.26. The molecule has 76 valence electrons. The number of carboxylic acids is 1. The van der Waals surface area contributed by atoms with Gasteiger partial charge in [-0.25, -0.2) is 0 Å². The van der Waals surface area contributed by atoms with Crippen molar-refractivity contribution in [2.75, 3.05) is 0 Å². The van der Waals surface area contributed by atoms with Crippen LogP contribution in [0.5, 0.6) is 0 Å². The molecule has 0 aliphatic heterocycles. The van der Waals surface area contributed by atoms with Gasteiger partial charge in [-0.1, -0.05) is 12.2 Å². The van der Waals surface area contributed by atoms with Crippen LogP contribution in [0.3, 0.4) is 0 Å². The zero-order valence-corrected chi connectivity index (χ0v) is 7.29. The first-order valence-electron chi connectivity index (χ1n) is 3.98. The standard InChI is InChI=1S/C9H10O5/c10-6-14-9(5-8(12)13)3-1-7(11)2-4-9/h1-4,6-7,11H,5H2,(H,12,13). The fourth-order valence-electron chi connectivity index (χ4n) is 1.21. The molecular weight excluding hydrogens is 188 g/mol. The zero-order chi connectivity index (χ0) is 10.6. The summed E-state index contributed by atoms with van der Waals surface area (Å²) in [6.45, 7) is 0.190. The predicted octanol–water partition coefficient (Wildman–Crippen LogP) is -0.140. The van der Waals surface area contributed by atoms with Gasteiger partial charge in [0.2, 0.25) is 0 Å². The first-order chi connectivity index (χ1) is 6.58. The third kappa shape index (κ3) is 2.43. The maximum absolute atomic E-state index is 10.5. The maximum atomic E-state index is 10.5. The van der Waals surface area contributed by atoms with Crippen LogP contribution in [0.2, 0.25) is 0 Å². The summed E-state index contributed by atoms with van der Waals surface area (Å²) in [6, 6.07) is 0. The van der Waals surface area contributed by atoms with Gasteiger partial charge in [0.25, 0.3) is 6.47 Å². The summed E-state index contributed by atoms with van der Waals surface area (Å²) in [6.07, 6.45) is 4.34. The lowest BCUT2D eigenvalue weighted by atomic mass is 9.93. The number of ether oxygens (including phenoxy) is 1. The third-order valence-corrected chi connectivity index (χ3v) is 1.85. The van der Waals surface area contributed by atoms with Crippen molar-refractivity contribution >= 4 is 12.4 Å². The number of carbonyl (C=O) groups excluding carboxylic acids is 1. The number of aliphatic hydroxyl groups is 1. The van der Waals surface area contributed by atoms with Crippen LogP contribution < -0.4 is 0 Å². The summed E-state index contributed by atoms with van der Waals surface area (Å²) in [5, 5.41) is 17.7. The molecule has 1 rings (SSSR count). The smallest absolute Gasteiger partial charge is 0.308 e. The number of hydrogen-bond acceptors (Lipinski definition) is 4. The van der Waals surface area contributed by atoms with Gasteiger partial charge in [-0.3, -0.25) is 9.59 Å². The first kappa shape index (κ1) is 10.5. The van der Waals surface area contributed by atoms with E-state index in [0.29, 0.717) is 0 Å². The van der Waals surface area contributed by atoms with Crippen LogP contribution in [0.1, 0.15) is 6.42 Å². The number of aliphatic hydroxyl groups excluding tert-OH is 1. The average molecular weight is 198 g/mol. The Kier molecular flexibility index (Phi) is 3.03. The molecule has 0 atom stereocenters. The minimum Gasteiger partial charge on any atom is -0.481 e. The molecule has 0 spiro atoms. The number of hydrogen-bond donors (Lipinski definition) is 2. The number of carboxylic acid groups (broad SMARTS) is 1. The van der Waals surface area contributed by atoms with Crippen LogP contribution in [0.15, 0.2) is 24.3 Å². The molecule has 2 N–H and O–H groups in total. The van der Waals surface area contributed by atoms with E-state index in [-0.39, 0.29) is 12.9 Å². The second kappa shape index (κ2) is 4.06. The van der Waals surface area contributed by atoms with E-state index in [0.717, 1.165) is 0 Å². The van der Waals surface area contributed by atoms with Gasteiger partial charge in [0.05, 0.1) is 12.5 Å². The van der Waals surface area contributed by atoms with E-state index in [1.165, 1.54) is 24.3 Å². The molecule has 0 radical (unpaired) electrons. The molecule has 5 nitrogen and oxygen atoms in total. The van der Waals surface area contributed by atoms with E-state index in [1.54, 1.807) is 0 Å². The van der Waals surface area contributed by atoms with Crippen LogP contribution in [-0.4, -0.2) is 34.4 Å². The molecule has 0 aromatic heterocycles. The average Bonchev–Trinajstić information content (AvgIpc) is 2.10. The van der Waals surface area contributed by atoms with Gasteiger partial charge in [0.15, 0.2) is 5.60 Å². The van der Waals surface area contributed by atoms with E-state index in [9.17, 15) is 9.59 Å². The molecule has 0 unspecified atom stereocenters. The second-order valence-corrected chi connectivity index (χ2v) is 2.95. The summed E-state index contributed by atoms with van der Waals surface area (Å²) >= 11 is 0. The van der Waals surface area contributed by atoms with Gasteiger partial charge in [0.1, 0.15) is 0 Å². The van der Waals surface area contributed by atoms with Crippen molar-refractivity contribution in [1.29, 1.82) is 0 Å². The topological polar surface area (TPSA) is 83.8 Å². The number of aliphatic carboxylic acids is 1. The normalized spacial score (nSPS) is 29.9. The Hall–Kier alpha value is -1.62. The Labute approximate surface area is 80.3 Å². The van der Waals surface area contributed by atoms with Crippen molar-refractivity contribution in [1.82, 2.24) is 0 Å². The highest BCUT2D eigenvalue weighted by molar-refractivity contribution is 5.70. The zero-order valence-electron chi connectivity index (χ0n) is 7.29. The van der Waals surface area contributed by atoms with E-state index in [4.69, 9.17) is 10.2 Å². The molecule has 1 aliphatic rings. The van der Waals surface area contributed by atoms with Crippen LogP contribution in [0, 0.1) is 0 Å². The Balaban J connectivity index is 2.83. The molecule has 14 heavy (non-hydrogen) atoms. The third-order valence-electron chi connectivity index (χ3n) is 1.85. The predicted molar refractivity (Wildman–Crippen MR) is 46.4 cm³/mol. The summed E-state index contributed by atoms with van der Waals surface area (Å²) in [5.74, 6) is -1.09. The van der Waals surface area contributed by atoms with E-state index in [1.807, 2.05) is 0 Å². The Bertz CT molecular complexity index is 278. The van der Waals surface area contributed by atoms with E-state index >= 15 is 0 Å². The highest BCUT2D eigenvalue weighted by Crippen LogP contribution is 2.23. The lowest BCUT2D eigenvalue weighted by molar-refractivity contribution is -0.145. The quantitative estimate of drug-likeness (QED) is 0.485. The summed E-state index contributed by atoms with van der Waals surface area (Å²) in [4.78, 5) is 20.7. The van der Waals surface area contributed by atoms with Gasteiger partial charge in [0, 0.05) is 0 Å². The van der Waals surface area contributed by atoms with Gasteiger partial charge in [-0.2, -0.15) is 0 Å². The van der Waals surface area contributed by atoms with Crippen molar-refractivity contribution in [3.05, 3.63) is 24.3 Å². The van der Waals surface area contributed by atoms with E-state index in [2.05, 4.69) is 4.74 Å². The van der Waals surface area contributed by atoms with Crippen molar-refractivity contribution in [3.63, 3.8) is 0 Å². The molecule has 0 bridgehead atoms. The van der Waals surface area contributed by atoms with Crippen molar-refractivity contribution in [2.45, 2.75) is 18.1 Å².